The van der Waals surface area contributed by atoms with Gasteiger partial charge in [-0.1, -0.05) is 0 Å². The molecule has 166 valence electrons. The predicted molar refractivity (Wildman–Crippen MR) is 89.3 cm³/mol. The molecule has 0 bridgehead atoms. The first-order chi connectivity index (χ1) is 13.4. The summed E-state index contributed by atoms with van der Waals surface area (Å²) in [6.07, 6.45) is -8.30. The van der Waals surface area contributed by atoms with Crippen LogP contribution < -0.4 is 0 Å². The number of hydrogen-bond donors (Lipinski definition) is 7. The molecular weight excluding hydrogens is 396 g/mol. The molecule has 2 heterocycles. The van der Waals surface area contributed by atoms with Gasteiger partial charge < -0.3 is 54.7 Å². The molecular formula is C17H26O12. The molecule has 9 atom stereocenters. The van der Waals surface area contributed by atoms with Crippen LogP contribution in [0.4, 0.5) is 0 Å². The second-order valence-corrected chi connectivity index (χ2v) is 7.83. The monoisotopic (exact) mass is 422 g/mol. The molecule has 2 fully saturated rings. The topological polar surface area (TPSA) is 196 Å². The van der Waals surface area contributed by atoms with Crippen LogP contribution in [0.25, 0.3) is 0 Å². The van der Waals surface area contributed by atoms with Gasteiger partial charge in [0.05, 0.1) is 24.9 Å². The van der Waals surface area contributed by atoms with Crippen LogP contribution in [0.15, 0.2) is 12.3 Å². The van der Waals surface area contributed by atoms with E-state index < -0.39 is 72.5 Å². The molecule has 3 aliphatic rings. The number of hydrogen-bond acceptors (Lipinski definition) is 12. The Kier molecular flexibility index (Phi) is 5.71. The van der Waals surface area contributed by atoms with Crippen molar-refractivity contribution < 1.29 is 59.5 Å². The van der Waals surface area contributed by atoms with Gasteiger partial charge in [-0.15, -0.1) is 0 Å². The van der Waals surface area contributed by atoms with Crippen molar-refractivity contribution in [3.63, 3.8) is 0 Å². The van der Waals surface area contributed by atoms with Gasteiger partial charge in [0.1, 0.15) is 23.4 Å². The van der Waals surface area contributed by atoms with Crippen molar-refractivity contribution >= 4 is 5.97 Å². The molecule has 0 aromatic rings. The number of aliphatic hydroxyl groups excluding tert-OH is 4. The summed E-state index contributed by atoms with van der Waals surface area (Å²) >= 11 is 0. The van der Waals surface area contributed by atoms with Crippen molar-refractivity contribution in [2.45, 2.75) is 74.3 Å². The minimum absolute atomic E-state index is 0.155. The average Bonchev–Trinajstić information content (AvgIpc) is 2.81. The maximum absolute atomic E-state index is 11.6. The molecule has 0 aromatic carbocycles. The summed E-state index contributed by atoms with van der Waals surface area (Å²) in [5.74, 6) is -4.95. The largest absolute Gasteiger partial charge is 0.472 e. The van der Waals surface area contributed by atoms with E-state index in [9.17, 15) is 40.5 Å². The van der Waals surface area contributed by atoms with Crippen molar-refractivity contribution in [3.8, 4) is 0 Å². The lowest BCUT2D eigenvalue weighted by molar-refractivity contribution is -0.409. The molecule has 2 aliphatic heterocycles. The van der Waals surface area contributed by atoms with Gasteiger partial charge in [0.15, 0.2) is 12.4 Å². The zero-order valence-corrected chi connectivity index (χ0v) is 15.8. The highest BCUT2D eigenvalue weighted by Crippen LogP contribution is 2.51. The van der Waals surface area contributed by atoms with E-state index in [4.69, 9.17) is 18.9 Å². The molecule has 12 heteroatoms. The predicted octanol–water partition coefficient (Wildman–Crippen LogP) is -3.57. The molecule has 3 rings (SSSR count). The first kappa shape index (κ1) is 22.3. The Morgan fingerprint density at radius 2 is 1.83 bits per heavy atom. The average molecular weight is 422 g/mol. The molecule has 12 nitrogen and oxygen atoms in total. The molecule has 29 heavy (non-hydrogen) atoms. The van der Waals surface area contributed by atoms with Crippen molar-refractivity contribution in [3.05, 3.63) is 12.3 Å². The van der Waals surface area contributed by atoms with Crippen LogP contribution in [0.5, 0.6) is 0 Å². The van der Waals surface area contributed by atoms with Crippen molar-refractivity contribution in [2.24, 2.45) is 5.92 Å². The van der Waals surface area contributed by atoms with Gasteiger partial charge >= 0.3 is 5.97 Å². The zero-order chi connectivity index (χ0) is 21.8. The van der Waals surface area contributed by atoms with E-state index >= 15 is 0 Å². The van der Waals surface area contributed by atoms with Crippen LogP contribution in [-0.4, -0.2) is 102 Å². The summed E-state index contributed by atoms with van der Waals surface area (Å²) in [5.41, 5.74) is -3.36. The molecule has 9 unspecified atom stereocenters. The maximum atomic E-state index is 11.6. The van der Waals surface area contributed by atoms with Crippen molar-refractivity contribution in [2.75, 3.05) is 6.61 Å². The number of ether oxygens (including phenoxy) is 4. The Hall–Kier alpha value is -1.35. The molecule has 1 saturated carbocycles. The molecule has 0 spiro atoms. The van der Waals surface area contributed by atoms with Crippen LogP contribution in [0.3, 0.4) is 0 Å². The summed E-state index contributed by atoms with van der Waals surface area (Å²) in [5, 5.41) is 70.6. The van der Waals surface area contributed by atoms with Crippen molar-refractivity contribution in [1.82, 2.24) is 0 Å². The smallest absolute Gasteiger partial charge is 0.303 e. The van der Waals surface area contributed by atoms with Gasteiger partial charge in [-0.25, -0.2) is 0 Å². The van der Waals surface area contributed by atoms with Crippen LogP contribution in [0.2, 0.25) is 0 Å². The Morgan fingerprint density at radius 3 is 2.41 bits per heavy atom. The normalized spacial score (nSPS) is 48.7. The molecule has 1 aliphatic carbocycles. The standard InChI is InChI=1S/C17H26O12/c1-7(19)29-15(2)5-9(20)16(23)3-4-26-13(10(15)16)28-14-12(22)17(24,25)11(21)8(6-18)27-14/h3-4,8-14,18,20-25H,5-6H2,1-2H3. The van der Waals surface area contributed by atoms with E-state index in [0.29, 0.717) is 0 Å². The highest BCUT2D eigenvalue weighted by atomic mass is 16.8. The lowest BCUT2D eigenvalue weighted by Crippen LogP contribution is -2.68. The lowest BCUT2D eigenvalue weighted by atomic mass is 9.81. The Balaban J connectivity index is 1.90. The molecule has 0 amide bonds. The summed E-state index contributed by atoms with van der Waals surface area (Å²) in [6.45, 7) is 1.79. The lowest BCUT2D eigenvalue weighted by Gasteiger charge is -2.47. The first-order valence-electron chi connectivity index (χ1n) is 9.02. The van der Waals surface area contributed by atoms with Gasteiger partial charge in [0, 0.05) is 13.3 Å². The van der Waals surface area contributed by atoms with Gasteiger partial charge in [-0.2, -0.15) is 0 Å². The number of rotatable bonds is 4. The van der Waals surface area contributed by atoms with Crippen LogP contribution in [-0.2, 0) is 23.7 Å². The van der Waals surface area contributed by atoms with Gasteiger partial charge in [0.25, 0.3) is 0 Å². The number of esters is 1. The highest BCUT2D eigenvalue weighted by Gasteiger charge is 2.66. The first-order valence-corrected chi connectivity index (χ1v) is 9.02. The third kappa shape index (κ3) is 3.54. The summed E-state index contributed by atoms with van der Waals surface area (Å²) in [7, 11) is 0. The zero-order valence-electron chi connectivity index (χ0n) is 15.8. The fourth-order valence-corrected chi connectivity index (χ4v) is 4.29. The Morgan fingerprint density at radius 1 is 1.17 bits per heavy atom. The minimum Gasteiger partial charge on any atom is -0.472 e. The van der Waals surface area contributed by atoms with E-state index in [-0.39, 0.29) is 6.42 Å². The van der Waals surface area contributed by atoms with E-state index in [1.54, 1.807) is 0 Å². The second kappa shape index (κ2) is 7.41. The fraction of sp³-hybridized carbons (Fsp3) is 0.824. The second-order valence-electron chi connectivity index (χ2n) is 7.83. The van der Waals surface area contributed by atoms with E-state index in [2.05, 4.69) is 0 Å². The van der Waals surface area contributed by atoms with Crippen LogP contribution in [0, 0.1) is 5.92 Å². The maximum Gasteiger partial charge on any atom is 0.303 e. The summed E-state index contributed by atoms with van der Waals surface area (Å²) in [6, 6.07) is 0. The highest BCUT2D eigenvalue weighted by molar-refractivity contribution is 5.66. The van der Waals surface area contributed by atoms with E-state index in [0.717, 1.165) is 13.2 Å². The molecule has 7 N–H and O–H groups in total. The van der Waals surface area contributed by atoms with Gasteiger partial charge in [-0.3, -0.25) is 4.79 Å². The van der Waals surface area contributed by atoms with Gasteiger partial charge in [-0.05, 0) is 13.0 Å². The SMILES string of the molecule is CC(=O)OC1(C)CC(O)C2(O)C=COC(OC3OC(CO)C(O)C(O)(O)C3O)C12. The third-order valence-corrected chi connectivity index (χ3v) is 5.72. The Labute approximate surface area is 165 Å². The van der Waals surface area contributed by atoms with Gasteiger partial charge in [0.2, 0.25) is 12.1 Å². The van der Waals surface area contributed by atoms with E-state index in [1.165, 1.54) is 13.0 Å². The molecule has 0 radical (unpaired) electrons. The van der Waals surface area contributed by atoms with Crippen LogP contribution in [0.1, 0.15) is 20.3 Å². The molecule has 0 aromatic heterocycles. The number of aliphatic hydroxyl groups is 7. The number of fused-ring (bicyclic) bond motifs is 1. The van der Waals surface area contributed by atoms with Crippen LogP contribution >= 0.6 is 0 Å². The van der Waals surface area contributed by atoms with Crippen molar-refractivity contribution in [1.29, 1.82) is 0 Å². The summed E-state index contributed by atoms with van der Waals surface area (Å²) in [4.78, 5) is 11.6. The van der Waals surface area contributed by atoms with E-state index in [1.807, 2.05) is 0 Å². The number of carbonyl (C=O) groups is 1. The third-order valence-electron chi connectivity index (χ3n) is 5.72. The quantitative estimate of drug-likeness (QED) is 0.174. The fourth-order valence-electron chi connectivity index (χ4n) is 4.29. The Bertz CT molecular complexity index is 667. The number of carbonyl (C=O) groups excluding carboxylic acids is 1. The molecule has 1 saturated heterocycles. The summed E-state index contributed by atoms with van der Waals surface area (Å²) < 4.78 is 21.4. The minimum atomic E-state index is -3.08.